The van der Waals surface area contributed by atoms with Gasteiger partial charge in [0.15, 0.2) is 0 Å². The van der Waals surface area contributed by atoms with E-state index in [1.165, 1.54) is 16.7 Å². The van der Waals surface area contributed by atoms with E-state index in [2.05, 4.69) is 10.6 Å². The van der Waals surface area contributed by atoms with Crippen LogP contribution in [0.15, 0.2) is 33.4 Å². The third kappa shape index (κ3) is 3.52. The first kappa shape index (κ1) is 21.0. The maximum absolute atomic E-state index is 12.4. The Bertz CT molecular complexity index is 883. The zero-order chi connectivity index (χ0) is 21.6. The summed E-state index contributed by atoms with van der Waals surface area (Å²) < 4.78 is 5.21. The molecule has 0 aromatic carbocycles. The second kappa shape index (κ2) is 8.09. The number of carbonyl (C=O) groups excluding carboxylic acids is 2. The number of carboxylic acids is 1. The number of nitrogens with zero attached hydrogens (tertiary/aromatic N) is 1. The van der Waals surface area contributed by atoms with Crippen molar-refractivity contribution in [3.8, 4) is 0 Å². The molecule has 6 atom stereocenters. The molecule has 3 aliphatic heterocycles. The molecule has 0 bridgehead atoms. The van der Waals surface area contributed by atoms with Crippen LogP contribution in [-0.4, -0.2) is 62.9 Å². The van der Waals surface area contributed by atoms with Crippen molar-refractivity contribution in [3.63, 3.8) is 0 Å². The van der Waals surface area contributed by atoms with Crippen molar-refractivity contribution in [2.24, 2.45) is 11.8 Å². The van der Waals surface area contributed by atoms with Gasteiger partial charge in [0, 0.05) is 22.6 Å². The monoisotopic (exact) mass is 435 g/mol. The van der Waals surface area contributed by atoms with Gasteiger partial charge in [-0.3, -0.25) is 9.59 Å². The number of hydrogen-bond donors (Lipinski definition) is 4. The molecule has 0 radical (unpaired) electrons. The summed E-state index contributed by atoms with van der Waals surface area (Å²) in [4.78, 5) is 38.7. The van der Waals surface area contributed by atoms with Crippen molar-refractivity contribution in [2.75, 3.05) is 6.54 Å². The molecule has 2 amide bonds. The highest BCUT2D eigenvalue weighted by molar-refractivity contribution is 8.03. The van der Waals surface area contributed by atoms with Crippen molar-refractivity contribution in [1.29, 1.82) is 0 Å². The Balaban J connectivity index is 1.41. The lowest BCUT2D eigenvalue weighted by Crippen LogP contribution is -2.63. The summed E-state index contributed by atoms with van der Waals surface area (Å²) >= 11 is 1.42. The van der Waals surface area contributed by atoms with Crippen LogP contribution >= 0.6 is 11.8 Å². The number of nitrogens with one attached hydrogen (secondary N) is 2. The maximum atomic E-state index is 12.4. The van der Waals surface area contributed by atoms with E-state index in [1.54, 1.807) is 25.3 Å². The molecule has 10 heteroatoms. The summed E-state index contributed by atoms with van der Waals surface area (Å²) in [5.74, 6) is -1.68. The van der Waals surface area contributed by atoms with Crippen LogP contribution in [0.25, 0.3) is 0 Å². The van der Waals surface area contributed by atoms with Gasteiger partial charge in [-0.1, -0.05) is 6.92 Å². The summed E-state index contributed by atoms with van der Waals surface area (Å²) in [5, 5.41) is 25.7. The molecule has 4 heterocycles. The first-order valence-corrected chi connectivity index (χ1v) is 10.9. The lowest BCUT2D eigenvalue weighted by molar-refractivity contribution is -0.163. The second-order valence-electron chi connectivity index (χ2n) is 8.01. The van der Waals surface area contributed by atoms with Crippen molar-refractivity contribution in [2.45, 2.75) is 50.3 Å². The fraction of sp³-hybridized carbons (Fsp3) is 0.550. The minimum Gasteiger partial charge on any atom is -0.477 e. The molecule has 1 aromatic rings. The third-order valence-electron chi connectivity index (χ3n) is 6.03. The number of carboxylic acid groups (broad SMARTS) is 1. The number of fused-ring (bicyclic) bond motifs is 1. The van der Waals surface area contributed by atoms with E-state index >= 15 is 0 Å². The first-order chi connectivity index (χ1) is 14.3. The van der Waals surface area contributed by atoms with Gasteiger partial charge in [-0.15, -0.1) is 11.8 Å². The van der Waals surface area contributed by atoms with Crippen molar-refractivity contribution >= 4 is 29.5 Å². The van der Waals surface area contributed by atoms with Crippen LogP contribution < -0.4 is 10.6 Å². The fourth-order valence-electron chi connectivity index (χ4n) is 4.56. The summed E-state index contributed by atoms with van der Waals surface area (Å²) in [6, 6.07) is 2.85. The number of aliphatic hydroxyl groups is 1. The van der Waals surface area contributed by atoms with Gasteiger partial charge in [0.05, 0.1) is 36.9 Å². The molecule has 30 heavy (non-hydrogen) atoms. The van der Waals surface area contributed by atoms with Gasteiger partial charge in [0.25, 0.3) is 0 Å². The number of carbonyl (C=O) groups is 3. The number of aliphatic hydroxyl groups excluding tert-OH is 1. The van der Waals surface area contributed by atoms with Crippen LogP contribution in [0.4, 0.5) is 0 Å². The smallest absolute Gasteiger partial charge is 0.353 e. The van der Waals surface area contributed by atoms with Crippen LogP contribution in [0.1, 0.15) is 26.0 Å². The molecule has 3 aliphatic rings. The predicted molar refractivity (Wildman–Crippen MR) is 108 cm³/mol. The lowest BCUT2D eigenvalue weighted by Gasteiger charge is -2.46. The summed E-state index contributed by atoms with van der Waals surface area (Å²) in [5.41, 5.74) is 0.0186. The van der Waals surface area contributed by atoms with Crippen molar-refractivity contribution in [3.05, 3.63) is 34.8 Å². The Morgan fingerprint density at radius 3 is 2.87 bits per heavy atom. The molecule has 2 fully saturated rings. The van der Waals surface area contributed by atoms with Gasteiger partial charge >= 0.3 is 5.97 Å². The third-order valence-corrected chi connectivity index (χ3v) is 7.54. The van der Waals surface area contributed by atoms with E-state index in [0.717, 1.165) is 0 Å². The number of amides is 2. The molecule has 162 valence electrons. The van der Waals surface area contributed by atoms with E-state index in [1.807, 2.05) is 6.92 Å². The number of rotatable bonds is 7. The Morgan fingerprint density at radius 1 is 1.47 bits per heavy atom. The quantitative estimate of drug-likeness (QED) is 0.456. The van der Waals surface area contributed by atoms with E-state index in [4.69, 9.17) is 4.42 Å². The van der Waals surface area contributed by atoms with Crippen molar-refractivity contribution in [1.82, 2.24) is 15.5 Å². The first-order valence-electron chi connectivity index (χ1n) is 9.98. The molecule has 6 unspecified atom stereocenters. The van der Waals surface area contributed by atoms with Crippen LogP contribution in [0, 0.1) is 11.8 Å². The van der Waals surface area contributed by atoms with Crippen LogP contribution in [-0.2, 0) is 20.9 Å². The number of β-lactam (4-membered cyclic amide) rings is 1. The highest BCUT2D eigenvalue weighted by Gasteiger charge is 2.60. The largest absolute Gasteiger partial charge is 0.477 e. The normalized spacial score (nSPS) is 31.5. The van der Waals surface area contributed by atoms with E-state index in [-0.39, 0.29) is 40.8 Å². The number of hydrogen-bond acceptors (Lipinski definition) is 7. The highest BCUT2D eigenvalue weighted by atomic mass is 32.2. The fourth-order valence-corrected chi connectivity index (χ4v) is 6.04. The molecular weight excluding hydrogens is 410 g/mol. The van der Waals surface area contributed by atoms with Gasteiger partial charge in [0.1, 0.15) is 11.5 Å². The van der Waals surface area contributed by atoms with Gasteiger partial charge in [0.2, 0.25) is 11.8 Å². The lowest BCUT2D eigenvalue weighted by atomic mass is 9.79. The average molecular weight is 436 g/mol. The maximum Gasteiger partial charge on any atom is 0.353 e. The Hall–Kier alpha value is -2.30. The summed E-state index contributed by atoms with van der Waals surface area (Å²) in [7, 11) is 0. The molecule has 0 spiro atoms. The number of aliphatic carboxylic acids is 1. The molecule has 2 saturated heterocycles. The van der Waals surface area contributed by atoms with E-state index in [9.17, 15) is 24.6 Å². The minimum atomic E-state index is -1.14. The Kier molecular flexibility index (Phi) is 5.65. The number of thioether (sulfide) groups is 1. The summed E-state index contributed by atoms with van der Waals surface area (Å²) in [6.45, 7) is 4.33. The average Bonchev–Trinajstić information content (AvgIpc) is 3.40. The Morgan fingerprint density at radius 2 is 2.23 bits per heavy atom. The zero-order valence-electron chi connectivity index (χ0n) is 16.7. The zero-order valence-corrected chi connectivity index (χ0v) is 17.5. The summed E-state index contributed by atoms with van der Waals surface area (Å²) in [6.07, 6.45) is 1.28. The predicted octanol–water partition coefficient (Wildman–Crippen LogP) is 0.513. The van der Waals surface area contributed by atoms with Crippen molar-refractivity contribution < 1.29 is 29.0 Å². The molecule has 0 aliphatic carbocycles. The molecular formula is C20H25N3O6S. The van der Waals surface area contributed by atoms with Crippen LogP contribution in [0.2, 0.25) is 0 Å². The molecule has 4 N–H and O–H groups in total. The molecule has 1 aromatic heterocycles. The van der Waals surface area contributed by atoms with Crippen LogP contribution in [0.5, 0.6) is 0 Å². The molecule has 9 nitrogen and oxygen atoms in total. The second-order valence-corrected chi connectivity index (χ2v) is 9.35. The molecule has 0 saturated carbocycles. The SMILES string of the molecule is CC(O)C1C(=O)N2C(C(=O)O)=C(SC3CNC(C(=O)NCc4ccco4)C3)C(C)C12. The van der Waals surface area contributed by atoms with E-state index in [0.29, 0.717) is 30.2 Å². The van der Waals surface area contributed by atoms with E-state index < -0.39 is 18.0 Å². The minimum absolute atomic E-state index is 0.00923. The Labute approximate surface area is 177 Å². The highest BCUT2D eigenvalue weighted by Crippen LogP contribution is 2.51. The standard InChI is InChI=1S/C20H25N3O6S/c1-9-15-14(10(2)24)19(26)23(15)16(20(27)28)17(9)30-12-6-13(21-8-12)18(25)22-7-11-4-3-5-29-11/h3-5,9-10,12-15,21,24H,6-8H2,1-2H3,(H,22,25)(H,27,28). The topological polar surface area (TPSA) is 132 Å². The van der Waals surface area contributed by atoms with Crippen LogP contribution in [0.3, 0.4) is 0 Å². The van der Waals surface area contributed by atoms with Gasteiger partial charge in [-0.2, -0.15) is 0 Å². The van der Waals surface area contributed by atoms with Gasteiger partial charge in [-0.05, 0) is 25.5 Å². The van der Waals surface area contributed by atoms with Gasteiger partial charge in [-0.25, -0.2) is 4.79 Å². The van der Waals surface area contributed by atoms with Gasteiger partial charge < -0.3 is 30.2 Å². The molecule has 4 rings (SSSR count). The number of furan rings is 1.